The maximum atomic E-state index is 5.68. The third-order valence-corrected chi connectivity index (χ3v) is 4.01. The first-order chi connectivity index (χ1) is 9.24. The molecule has 1 unspecified atom stereocenters. The Labute approximate surface area is 126 Å². The van der Waals surface area contributed by atoms with Gasteiger partial charge in [0.1, 0.15) is 12.4 Å². The first-order valence-corrected chi connectivity index (χ1v) is 8.10. The quantitative estimate of drug-likeness (QED) is 0.766. The fraction of sp³-hybridized carbons (Fsp3) is 0.333. The molecular formula is C15H18BrNOS. The molecule has 1 aromatic carbocycles. The van der Waals surface area contributed by atoms with Crippen LogP contribution in [0, 0.1) is 0 Å². The third kappa shape index (κ3) is 5.35. The van der Waals surface area contributed by atoms with Crippen LogP contribution in [0.4, 0.5) is 0 Å². The minimum Gasteiger partial charge on any atom is -0.492 e. The van der Waals surface area contributed by atoms with Crippen LogP contribution in [0.2, 0.25) is 0 Å². The van der Waals surface area contributed by atoms with Gasteiger partial charge in [-0.25, -0.2) is 0 Å². The van der Waals surface area contributed by atoms with Crippen LogP contribution in [-0.2, 0) is 6.42 Å². The number of halogens is 1. The summed E-state index contributed by atoms with van der Waals surface area (Å²) in [4.78, 5) is 0. The van der Waals surface area contributed by atoms with Crippen molar-refractivity contribution in [3.8, 4) is 5.75 Å². The highest BCUT2D eigenvalue weighted by molar-refractivity contribution is 9.10. The molecule has 4 heteroatoms. The molecule has 0 bridgehead atoms. The van der Waals surface area contributed by atoms with Crippen molar-refractivity contribution in [2.45, 2.75) is 19.4 Å². The maximum Gasteiger partial charge on any atom is 0.120 e. The second kappa shape index (κ2) is 7.68. The van der Waals surface area contributed by atoms with Crippen molar-refractivity contribution in [2.24, 2.45) is 0 Å². The summed E-state index contributed by atoms with van der Waals surface area (Å²) in [5.74, 6) is 0.904. The van der Waals surface area contributed by atoms with Crippen molar-refractivity contribution in [3.05, 3.63) is 51.1 Å². The van der Waals surface area contributed by atoms with E-state index >= 15 is 0 Å². The lowest BCUT2D eigenvalue weighted by Gasteiger charge is -2.13. The molecule has 1 aromatic heterocycles. The molecule has 1 heterocycles. The van der Waals surface area contributed by atoms with E-state index in [1.165, 1.54) is 5.56 Å². The lowest BCUT2D eigenvalue weighted by atomic mass is 10.1. The largest absolute Gasteiger partial charge is 0.492 e. The normalized spacial score (nSPS) is 12.3. The van der Waals surface area contributed by atoms with Crippen molar-refractivity contribution < 1.29 is 4.74 Å². The van der Waals surface area contributed by atoms with Crippen LogP contribution in [0.3, 0.4) is 0 Å². The van der Waals surface area contributed by atoms with Crippen molar-refractivity contribution in [1.82, 2.24) is 5.32 Å². The Morgan fingerprint density at radius 2 is 2.26 bits per heavy atom. The van der Waals surface area contributed by atoms with Gasteiger partial charge in [-0.05, 0) is 53.9 Å². The molecule has 2 nitrogen and oxygen atoms in total. The monoisotopic (exact) mass is 339 g/mol. The van der Waals surface area contributed by atoms with Crippen LogP contribution < -0.4 is 10.1 Å². The zero-order valence-corrected chi connectivity index (χ0v) is 13.3. The van der Waals surface area contributed by atoms with Gasteiger partial charge in [0.15, 0.2) is 0 Å². The molecule has 0 aliphatic rings. The SMILES string of the molecule is CC(Cc1ccsc1)NCCOc1cccc(Br)c1. The zero-order valence-electron chi connectivity index (χ0n) is 10.9. The first-order valence-electron chi connectivity index (χ1n) is 6.37. The van der Waals surface area contributed by atoms with Gasteiger partial charge in [-0.3, -0.25) is 0 Å². The summed E-state index contributed by atoms with van der Waals surface area (Å²) in [7, 11) is 0. The summed E-state index contributed by atoms with van der Waals surface area (Å²) in [6.07, 6.45) is 1.07. The van der Waals surface area contributed by atoms with Crippen molar-refractivity contribution in [3.63, 3.8) is 0 Å². The molecule has 102 valence electrons. The van der Waals surface area contributed by atoms with Gasteiger partial charge >= 0.3 is 0 Å². The molecule has 2 rings (SSSR count). The Balaban J connectivity index is 1.64. The molecule has 0 saturated heterocycles. The van der Waals surface area contributed by atoms with E-state index in [1.807, 2.05) is 24.3 Å². The van der Waals surface area contributed by atoms with E-state index in [9.17, 15) is 0 Å². The summed E-state index contributed by atoms with van der Waals surface area (Å²) in [5.41, 5.74) is 1.40. The lowest BCUT2D eigenvalue weighted by Crippen LogP contribution is -2.31. The van der Waals surface area contributed by atoms with Gasteiger partial charge in [0.05, 0.1) is 0 Å². The molecule has 1 N–H and O–H groups in total. The van der Waals surface area contributed by atoms with E-state index in [-0.39, 0.29) is 0 Å². The summed E-state index contributed by atoms with van der Waals surface area (Å²) in [6.45, 7) is 3.75. The second-order valence-corrected chi connectivity index (χ2v) is 6.19. The van der Waals surface area contributed by atoms with Gasteiger partial charge in [-0.1, -0.05) is 22.0 Å². The van der Waals surface area contributed by atoms with Gasteiger partial charge in [-0.15, -0.1) is 0 Å². The highest BCUT2D eigenvalue weighted by atomic mass is 79.9. The van der Waals surface area contributed by atoms with E-state index in [0.717, 1.165) is 23.2 Å². The Morgan fingerprint density at radius 1 is 1.37 bits per heavy atom. The highest BCUT2D eigenvalue weighted by Crippen LogP contribution is 2.17. The van der Waals surface area contributed by atoms with Gasteiger partial charge < -0.3 is 10.1 Å². The van der Waals surface area contributed by atoms with Gasteiger partial charge in [-0.2, -0.15) is 11.3 Å². The lowest BCUT2D eigenvalue weighted by molar-refractivity contribution is 0.306. The van der Waals surface area contributed by atoms with E-state index in [2.05, 4.69) is 45.0 Å². The number of hydrogen-bond donors (Lipinski definition) is 1. The van der Waals surface area contributed by atoms with Crippen molar-refractivity contribution in [2.75, 3.05) is 13.2 Å². The number of hydrogen-bond acceptors (Lipinski definition) is 3. The fourth-order valence-corrected chi connectivity index (χ4v) is 2.93. The average Bonchev–Trinajstić information content (AvgIpc) is 2.87. The molecule has 0 aliphatic carbocycles. The minimum absolute atomic E-state index is 0.473. The number of rotatable bonds is 7. The predicted octanol–water partition coefficient (Wildman–Crippen LogP) is 4.11. The molecule has 0 aliphatic heterocycles. The molecule has 1 atom stereocenters. The first kappa shape index (κ1) is 14.6. The van der Waals surface area contributed by atoms with Gasteiger partial charge in [0, 0.05) is 17.1 Å². The molecule has 0 saturated carbocycles. The Kier molecular flexibility index (Phi) is 5.89. The zero-order chi connectivity index (χ0) is 13.5. The van der Waals surface area contributed by atoms with Crippen LogP contribution in [0.1, 0.15) is 12.5 Å². The van der Waals surface area contributed by atoms with E-state index < -0.39 is 0 Å². The summed E-state index contributed by atoms with van der Waals surface area (Å²) in [5, 5.41) is 7.80. The molecule has 0 amide bonds. The smallest absolute Gasteiger partial charge is 0.120 e. The number of ether oxygens (including phenoxy) is 1. The number of nitrogens with one attached hydrogen (secondary N) is 1. The summed E-state index contributed by atoms with van der Waals surface area (Å²) < 4.78 is 6.73. The molecule has 19 heavy (non-hydrogen) atoms. The summed E-state index contributed by atoms with van der Waals surface area (Å²) in [6, 6.07) is 10.6. The van der Waals surface area contributed by atoms with Crippen molar-refractivity contribution in [1.29, 1.82) is 0 Å². The Bertz CT molecular complexity index is 487. The van der Waals surface area contributed by atoms with Crippen LogP contribution in [-0.4, -0.2) is 19.2 Å². The molecule has 2 aromatic rings. The number of benzene rings is 1. The van der Waals surface area contributed by atoms with Gasteiger partial charge in [0.2, 0.25) is 0 Å². The Hall–Kier alpha value is -0.840. The second-order valence-electron chi connectivity index (χ2n) is 4.50. The minimum atomic E-state index is 0.473. The van der Waals surface area contributed by atoms with Crippen LogP contribution in [0.25, 0.3) is 0 Å². The standard InChI is InChI=1S/C15H18BrNOS/c1-12(9-13-5-8-19-11-13)17-6-7-18-15-4-2-3-14(16)10-15/h2-5,8,10-12,17H,6-7,9H2,1H3. The van der Waals surface area contributed by atoms with Crippen LogP contribution in [0.15, 0.2) is 45.6 Å². The summed E-state index contributed by atoms with van der Waals surface area (Å²) >= 11 is 5.18. The fourth-order valence-electron chi connectivity index (χ4n) is 1.87. The van der Waals surface area contributed by atoms with Crippen LogP contribution >= 0.6 is 27.3 Å². The van der Waals surface area contributed by atoms with E-state index in [4.69, 9.17) is 4.74 Å². The number of thiophene rings is 1. The third-order valence-electron chi connectivity index (χ3n) is 2.78. The molecule has 0 fully saturated rings. The molecule has 0 radical (unpaired) electrons. The van der Waals surface area contributed by atoms with Crippen LogP contribution in [0.5, 0.6) is 5.75 Å². The highest BCUT2D eigenvalue weighted by Gasteiger charge is 2.03. The maximum absolute atomic E-state index is 5.68. The van der Waals surface area contributed by atoms with Crippen molar-refractivity contribution >= 4 is 27.3 Å². The van der Waals surface area contributed by atoms with E-state index in [1.54, 1.807) is 11.3 Å². The Morgan fingerprint density at radius 3 is 3.00 bits per heavy atom. The topological polar surface area (TPSA) is 21.3 Å². The molecular weight excluding hydrogens is 322 g/mol. The van der Waals surface area contributed by atoms with Gasteiger partial charge in [0.25, 0.3) is 0 Å². The van der Waals surface area contributed by atoms with E-state index in [0.29, 0.717) is 12.6 Å². The predicted molar refractivity (Wildman–Crippen MR) is 85.1 cm³/mol. The molecule has 0 spiro atoms. The average molecular weight is 340 g/mol.